The van der Waals surface area contributed by atoms with Gasteiger partial charge in [-0.25, -0.2) is 4.98 Å². The first-order valence-electron chi connectivity index (χ1n) is 9.77. The molecule has 0 aliphatic heterocycles. The van der Waals surface area contributed by atoms with Crippen molar-refractivity contribution >= 4 is 11.6 Å². The van der Waals surface area contributed by atoms with Gasteiger partial charge in [-0.2, -0.15) is 0 Å². The highest BCUT2D eigenvalue weighted by Gasteiger charge is 2.23. The molecule has 0 spiro atoms. The van der Waals surface area contributed by atoms with Crippen molar-refractivity contribution in [2.45, 2.75) is 32.7 Å². The van der Waals surface area contributed by atoms with E-state index in [0.717, 1.165) is 28.0 Å². The second kappa shape index (κ2) is 8.27. The molecule has 0 bridgehead atoms. The van der Waals surface area contributed by atoms with Crippen LogP contribution in [0.25, 0.3) is 5.65 Å². The van der Waals surface area contributed by atoms with E-state index in [0.29, 0.717) is 13.0 Å². The summed E-state index contributed by atoms with van der Waals surface area (Å²) in [5, 5.41) is 3.03. The topological polar surface area (TPSA) is 59.3 Å². The average Bonchev–Trinajstić information content (AvgIpc) is 3.17. The van der Waals surface area contributed by atoms with Crippen LogP contribution in [0.3, 0.4) is 0 Å². The van der Waals surface area contributed by atoms with Crippen LogP contribution in [0.15, 0.2) is 73.3 Å². The van der Waals surface area contributed by atoms with Crippen molar-refractivity contribution in [1.29, 1.82) is 0 Å². The number of hydrogen-bond donors (Lipinski definition) is 1. The minimum absolute atomic E-state index is 0.00436. The van der Waals surface area contributed by atoms with Gasteiger partial charge >= 0.3 is 0 Å². The second-order valence-corrected chi connectivity index (χ2v) is 7.32. The van der Waals surface area contributed by atoms with Gasteiger partial charge < -0.3 is 9.72 Å². The summed E-state index contributed by atoms with van der Waals surface area (Å²) in [4.78, 5) is 21.6. The maximum atomic E-state index is 12.8. The Morgan fingerprint density at radius 1 is 1.03 bits per heavy atom. The summed E-state index contributed by atoms with van der Waals surface area (Å²) >= 11 is 0. The van der Waals surface area contributed by atoms with E-state index in [9.17, 15) is 4.79 Å². The number of aryl methyl sites for hydroxylation is 2. The highest BCUT2D eigenvalue weighted by molar-refractivity contribution is 5.77. The summed E-state index contributed by atoms with van der Waals surface area (Å²) < 4.78 is 2.10. The molecule has 1 amide bonds. The molecule has 1 N–H and O–H groups in total. The SMILES string of the molecule is Cc1ccccc1C(CC(=O)NCc1cccnc1)c1cnc2c(C)cccn12. The summed E-state index contributed by atoms with van der Waals surface area (Å²) in [6.07, 6.45) is 7.77. The fraction of sp³-hybridized carbons (Fsp3) is 0.208. The molecule has 1 atom stereocenters. The number of fused-ring (bicyclic) bond motifs is 1. The van der Waals surface area contributed by atoms with E-state index < -0.39 is 0 Å². The summed E-state index contributed by atoms with van der Waals surface area (Å²) in [7, 11) is 0. The van der Waals surface area contributed by atoms with Gasteiger partial charge in [-0.05, 0) is 48.2 Å². The summed E-state index contributed by atoms with van der Waals surface area (Å²) in [5.41, 5.74) is 6.36. The lowest BCUT2D eigenvalue weighted by Gasteiger charge is -2.19. The lowest BCUT2D eigenvalue weighted by Crippen LogP contribution is -2.25. The van der Waals surface area contributed by atoms with E-state index in [1.165, 1.54) is 5.56 Å². The van der Waals surface area contributed by atoms with Crippen LogP contribution < -0.4 is 5.32 Å². The molecule has 5 nitrogen and oxygen atoms in total. The minimum Gasteiger partial charge on any atom is -0.352 e. The predicted molar refractivity (Wildman–Crippen MR) is 114 cm³/mol. The third kappa shape index (κ3) is 4.04. The van der Waals surface area contributed by atoms with Crippen LogP contribution in [0.5, 0.6) is 0 Å². The Labute approximate surface area is 170 Å². The first-order valence-corrected chi connectivity index (χ1v) is 9.77. The van der Waals surface area contributed by atoms with Crippen molar-refractivity contribution in [1.82, 2.24) is 19.7 Å². The van der Waals surface area contributed by atoms with Gasteiger partial charge in [-0.15, -0.1) is 0 Å². The Bertz CT molecular complexity index is 1130. The number of carbonyl (C=O) groups excluding carboxylic acids is 1. The maximum Gasteiger partial charge on any atom is 0.221 e. The number of carbonyl (C=O) groups is 1. The van der Waals surface area contributed by atoms with E-state index in [1.807, 2.05) is 42.7 Å². The van der Waals surface area contributed by atoms with Crippen LogP contribution >= 0.6 is 0 Å². The monoisotopic (exact) mass is 384 g/mol. The molecule has 0 radical (unpaired) electrons. The molecule has 4 rings (SSSR count). The highest BCUT2D eigenvalue weighted by Crippen LogP contribution is 2.31. The molecular weight excluding hydrogens is 360 g/mol. The Hall–Kier alpha value is -3.47. The number of nitrogens with zero attached hydrogens (tertiary/aromatic N) is 3. The predicted octanol–water partition coefficient (Wildman–Crippen LogP) is 4.18. The van der Waals surface area contributed by atoms with Crippen LogP contribution in [0, 0.1) is 13.8 Å². The van der Waals surface area contributed by atoms with E-state index in [4.69, 9.17) is 0 Å². The highest BCUT2D eigenvalue weighted by atomic mass is 16.1. The molecule has 0 saturated carbocycles. The number of amides is 1. The molecule has 146 valence electrons. The van der Waals surface area contributed by atoms with E-state index in [1.54, 1.807) is 12.4 Å². The van der Waals surface area contributed by atoms with Crippen LogP contribution in [0.4, 0.5) is 0 Å². The molecule has 5 heteroatoms. The summed E-state index contributed by atoms with van der Waals surface area (Å²) in [5.74, 6) is -0.0772. The number of benzene rings is 1. The number of aromatic nitrogens is 3. The second-order valence-electron chi connectivity index (χ2n) is 7.32. The fourth-order valence-corrected chi connectivity index (χ4v) is 3.74. The fourth-order valence-electron chi connectivity index (χ4n) is 3.74. The smallest absolute Gasteiger partial charge is 0.221 e. The molecule has 3 heterocycles. The standard InChI is InChI=1S/C24H24N4O/c1-17-7-3-4-10-20(17)21(13-23(29)26-15-19-9-5-11-25-14-19)22-16-27-24-18(2)8-6-12-28(22)24/h3-12,14,16,21H,13,15H2,1-2H3,(H,26,29). The van der Waals surface area contributed by atoms with Crippen LogP contribution in [0.1, 0.15) is 40.3 Å². The van der Waals surface area contributed by atoms with Crippen molar-refractivity contribution in [2.24, 2.45) is 0 Å². The zero-order valence-corrected chi connectivity index (χ0v) is 16.7. The summed E-state index contributed by atoms with van der Waals surface area (Å²) in [6.45, 7) is 4.61. The van der Waals surface area contributed by atoms with Gasteiger partial charge in [-0.1, -0.05) is 36.4 Å². The number of rotatable bonds is 6. The van der Waals surface area contributed by atoms with Crippen molar-refractivity contribution in [2.75, 3.05) is 0 Å². The Morgan fingerprint density at radius 2 is 1.86 bits per heavy atom. The molecule has 0 aliphatic carbocycles. The Balaban J connectivity index is 1.65. The number of nitrogens with one attached hydrogen (secondary N) is 1. The van der Waals surface area contributed by atoms with Gasteiger partial charge in [0.15, 0.2) is 0 Å². The zero-order chi connectivity index (χ0) is 20.2. The lowest BCUT2D eigenvalue weighted by molar-refractivity contribution is -0.121. The van der Waals surface area contributed by atoms with Crippen molar-refractivity contribution in [3.63, 3.8) is 0 Å². The lowest BCUT2D eigenvalue weighted by atomic mass is 9.89. The van der Waals surface area contributed by atoms with E-state index >= 15 is 0 Å². The quantitative estimate of drug-likeness (QED) is 0.542. The van der Waals surface area contributed by atoms with Gasteiger partial charge in [0, 0.05) is 43.7 Å². The van der Waals surface area contributed by atoms with Crippen LogP contribution in [-0.4, -0.2) is 20.3 Å². The average molecular weight is 384 g/mol. The van der Waals surface area contributed by atoms with Gasteiger partial charge in [0.25, 0.3) is 0 Å². The van der Waals surface area contributed by atoms with Crippen molar-refractivity contribution in [3.05, 3.63) is 101 Å². The molecule has 1 aromatic carbocycles. The zero-order valence-electron chi connectivity index (χ0n) is 16.7. The van der Waals surface area contributed by atoms with Crippen molar-refractivity contribution in [3.8, 4) is 0 Å². The third-order valence-corrected chi connectivity index (χ3v) is 5.28. The molecule has 1 unspecified atom stereocenters. The molecular formula is C24H24N4O. The third-order valence-electron chi connectivity index (χ3n) is 5.28. The van der Waals surface area contributed by atoms with Gasteiger partial charge in [0.1, 0.15) is 5.65 Å². The maximum absolute atomic E-state index is 12.8. The number of pyridine rings is 2. The van der Waals surface area contributed by atoms with Crippen LogP contribution in [-0.2, 0) is 11.3 Å². The van der Waals surface area contributed by atoms with E-state index in [2.05, 4.69) is 51.7 Å². The molecule has 0 aliphatic rings. The molecule has 29 heavy (non-hydrogen) atoms. The first-order chi connectivity index (χ1) is 14.1. The number of hydrogen-bond acceptors (Lipinski definition) is 3. The molecule has 4 aromatic rings. The van der Waals surface area contributed by atoms with E-state index in [-0.39, 0.29) is 11.8 Å². The number of imidazole rings is 1. The van der Waals surface area contributed by atoms with Gasteiger partial charge in [0.2, 0.25) is 5.91 Å². The molecule has 0 fully saturated rings. The first kappa shape index (κ1) is 18.9. The summed E-state index contributed by atoms with van der Waals surface area (Å²) in [6, 6.07) is 16.1. The minimum atomic E-state index is -0.0816. The normalized spacial score (nSPS) is 12.1. The largest absolute Gasteiger partial charge is 0.352 e. The molecule has 0 saturated heterocycles. The van der Waals surface area contributed by atoms with Crippen molar-refractivity contribution < 1.29 is 4.79 Å². The Kier molecular flexibility index (Phi) is 5.38. The van der Waals surface area contributed by atoms with Gasteiger partial charge in [-0.3, -0.25) is 9.78 Å². The van der Waals surface area contributed by atoms with Gasteiger partial charge in [0.05, 0.1) is 5.69 Å². The van der Waals surface area contributed by atoms with Crippen LogP contribution in [0.2, 0.25) is 0 Å². The Morgan fingerprint density at radius 3 is 2.66 bits per heavy atom. The molecule has 3 aromatic heterocycles.